The highest BCUT2D eigenvalue weighted by Gasteiger charge is 2.25. The number of morpholine rings is 1. The molecule has 3 nitrogen and oxygen atoms in total. The normalized spacial score (nSPS) is 29.6. The summed E-state index contributed by atoms with van der Waals surface area (Å²) in [6.45, 7) is 14.3. The van der Waals surface area contributed by atoms with E-state index in [1.54, 1.807) is 0 Å². The maximum atomic E-state index is 5.75. The van der Waals surface area contributed by atoms with Crippen molar-refractivity contribution in [2.75, 3.05) is 19.6 Å². The lowest BCUT2D eigenvalue weighted by molar-refractivity contribution is -0.0790. The second-order valence-electron chi connectivity index (χ2n) is 5.46. The molecule has 1 heterocycles. The average Bonchev–Trinajstić information content (AvgIpc) is 2.15. The van der Waals surface area contributed by atoms with Crippen molar-refractivity contribution < 1.29 is 4.74 Å². The Morgan fingerprint density at radius 1 is 1.19 bits per heavy atom. The van der Waals surface area contributed by atoms with Gasteiger partial charge in [-0.15, -0.1) is 0 Å². The molecule has 3 heteroatoms. The zero-order chi connectivity index (χ0) is 12.1. The molecule has 0 aromatic carbocycles. The molecule has 0 aromatic heterocycles. The Morgan fingerprint density at radius 2 is 1.75 bits per heavy atom. The third kappa shape index (κ3) is 4.81. The minimum absolute atomic E-state index is 0.379. The van der Waals surface area contributed by atoms with Gasteiger partial charge < -0.3 is 10.1 Å². The molecule has 1 saturated heterocycles. The van der Waals surface area contributed by atoms with Gasteiger partial charge in [-0.2, -0.15) is 0 Å². The standard InChI is InChI=1S/C13H28N2O/c1-10(2)14-7-6-11(3)15-8-12(4)16-13(5)9-15/h10-14H,6-9H2,1-5H3/t11?,12-,13+. The Balaban J connectivity index is 2.26. The first-order chi connectivity index (χ1) is 7.49. The van der Waals surface area contributed by atoms with Crippen LogP contribution in [-0.2, 0) is 4.74 Å². The molecular weight excluding hydrogens is 200 g/mol. The summed E-state index contributed by atoms with van der Waals surface area (Å²) in [5.41, 5.74) is 0. The molecule has 0 aromatic rings. The highest BCUT2D eigenvalue weighted by atomic mass is 16.5. The fraction of sp³-hybridized carbons (Fsp3) is 1.00. The summed E-state index contributed by atoms with van der Waals surface area (Å²) in [6, 6.07) is 1.25. The van der Waals surface area contributed by atoms with Gasteiger partial charge in [-0.25, -0.2) is 0 Å². The van der Waals surface area contributed by atoms with Crippen molar-refractivity contribution in [2.24, 2.45) is 0 Å². The van der Waals surface area contributed by atoms with E-state index in [0.717, 1.165) is 19.6 Å². The minimum Gasteiger partial charge on any atom is -0.373 e. The predicted octanol–water partition coefficient (Wildman–Crippen LogP) is 1.87. The van der Waals surface area contributed by atoms with Crippen molar-refractivity contribution in [2.45, 2.75) is 65.3 Å². The maximum absolute atomic E-state index is 5.75. The molecule has 1 fully saturated rings. The quantitative estimate of drug-likeness (QED) is 0.777. The molecular formula is C13H28N2O. The summed E-state index contributed by atoms with van der Waals surface area (Å²) >= 11 is 0. The van der Waals surface area contributed by atoms with E-state index >= 15 is 0 Å². The van der Waals surface area contributed by atoms with Gasteiger partial charge in [0, 0.05) is 25.2 Å². The first kappa shape index (κ1) is 13.9. The molecule has 16 heavy (non-hydrogen) atoms. The van der Waals surface area contributed by atoms with Crippen molar-refractivity contribution in [3.05, 3.63) is 0 Å². The molecule has 0 saturated carbocycles. The van der Waals surface area contributed by atoms with Gasteiger partial charge in [0.25, 0.3) is 0 Å². The number of hydrogen-bond acceptors (Lipinski definition) is 3. The number of nitrogens with zero attached hydrogens (tertiary/aromatic N) is 1. The van der Waals surface area contributed by atoms with Crippen LogP contribution in [0.25, 0.3) is 0 Å². The van der Waals surface area contributed by atoms with E-state index in [-0.39, 0.29) is 0 Å². The van der Waals surface area contributed by atoms with Crippen LogP contribution in [0.15, 0.2) is 0 Å². The molecule has 1 unspecified atom stereocenters. The molecule has 1 rings (SSSR count). The van der Waals surface area contributed by atoms with Gasteiger partial charge in [-0.3, -0.25) is 4.90 Å². The summed E-state index contributed by atoms with van der Waals surface area (Å²) in [6.07, 6.45) is 1.98. The van der Waals surface area contributed by atoms with E-state index in [9.17, 15) is 0 Å². The molecule has 1 aliphatic heterocycles. The van der Waals surface area contributed by atoms with Gasteiger partial charge in [0.2, 0.25) is 0 Å². The van der Waals surface area contributed by atoms with E-state index in [2.05, 4.69) is 44.8 Å². The second-order valence-corrected chi connectivity index (χ2v) is 5.46. The van der Waals surface area contributed by atoms with Crippen molar-refractivity contribution in [1.82, 2.24) is 10.2 Å². The Kier molecular flexibility index (Phi) is 5.73. The van der Waals surface area contributed by atoms with E-state index in [0.29, 0.717) is 24.3 Å². The maximum Gasteiger partial charge on any atom is 0.0678 e. The largest absolute Gasteiger partial charge is 0.373 e. The van der Waals surface area contributed by atoms with Crippen LogP contribution in [-0.4, -0.2) is 48.8 Å². The lowest BCUT2D eigenvalue weighted by atomic mass is 10.1. The van der Waals surface area contributed by atoms with Crippen LogP contribution >= 0.6 is 0 Å². The summed E-state index contributed by atoms with van der Waals surface area (Å²) in [5.74, 6) is 0. The summed E-state index contributed by atoms with van der Waals surface area (Å²) in [4.78, 5) is 2.56. The summed E-state index contributed by atoms with van der Waals surface area (Å²) in [7, 11) is 0. The van der Waals surface area contributed by atoms with Crippen LogP contribution in [0.5, 0.6) is 0 Å². The molecule has 0 amide bonds. The van der Waals surface area contributed by atoms with Crippen LogP contribution in [0.3, 0.4) is 0 Å². The molecule has 96 valence electrons. The Morgan fingerprint density at radius 3 is 2.25 bits per heavy atom. The lowest BCUT2D eigenvalue weighted by Crippen LogP contribution is -2.49. The van der Waals surface area contributed by atoms with Gasteiger partial charge in [-0.1, -0.05) is 13.8 Å². The molecule has 1 N–H and O–H groups in total. The van der Waals surface area contributed by atoms with Crippen LogP contribution < -0.4 is 5.32 Å². The molecule has 3 atom stereocenters. The average molecular weight is 228 g/mol. The third-order valence-corrected chi connectivity index (χ3v) is 3.19. The number of nitrogens with one attached hydrogen (secondary N) is 1. The van der Waals surface area contributed by atoms with Crippen LogP contribution in [0.1, 0.15) is 41.0 Å². The zero-order valence-corrected chi connectivity index (χ0v) is 11.5. The van der Waals surface area contributed by atoms with Gasteiger partial charge in [-0.05, 0) is 33.7 Å². The molecule has 0 radical (unpaired) electrons. The van der Waals surface area contributed by atoms with Gasteiger partial charge in [0.1, 0.15) is 0 Å². The highest BCUT2D eigenvalue weighted by Crippen LogP contribution is 2.14. The van der Waals surface area contributed by atoms with E-state index in [4.69, 9.17) is 4.74 Å². The lowest BCUT2D eigenvalue weighted by Gasteiger charge is -2.39. The minimum atomic E-state index is 0.379. The third-order valence-electron chi connectivity index (χ3n) is 3.19. The molecule has 0 aliphatic carbocycles. The smallest absolute Gasteiger partial charge is 0.0678 e. The van der Waals surface area contributed by atoms with Crippen molar-refractivity contribution in [1.29, 1.82) is 0 Å². The van der Waals surface area contributed by atoms with Crippen LogP contribution in [0.4, 0.5) is 0 Å². The topological polar surface area (TPSA) is 24.5 Å². The Bertz CT molecular complexity index is 186. The van der Waals surface area contributed by atoms with E-state index in [1.807, 2.05) is 0 Å². The highest BCUT2D eigenvalue weighted by molar-refractivity contribution is 4.78. The predicted molar refractivity (Wildman–Crippen MR) is 68.8 cm³/mol. The molecule has 1 aliphatic rings. The monoisotopic (exact) mass is 228 g/mol. The fourth-order valence-corrected chi connectivity index (χ4v) is 2.34. The number of rotatable bonds is 5. The fourth-order valence-electron chi connectivity index (χ4n) is 2.34. The summed E-state index contributed by atoms with van der Waals surface area (Å²) < 4.78 is 5.75. The molecule has 0 spiro atoms. The summed E-state index contributed by atoms with van der Waals surface area (Å²) in [5, 5.41) is 3.48. The van der Waals surface area contributed by atoms with Crippen LogP contribution in [0, 0.1) is 0 Å². The van der Waals surface area contributed by atoms with E-state index < -0.39 is 0 Å². The Hall–Kier alpha value is -0.120. The van der Waals surface area contributed by atoms with Gasteiger partial charge in [0.15, 0.2) is 0 Å². The number of hydrogen-bond donors (Lipinski definition) is 1. The molecule has 0 bridgehead atoms. The van der Waals surface area contributed by atoms with Crippen LogP contribution in [0.2, 0.25) is 0 Å². The van der Waals surface area contributed by atoms with E-state index in [1.165, 1.54) is 6.42 Å². The number of ether oxygens (including phenoxy) is 1. The zero-order valence-electron chi connectivity index (χ0n) is 11.5. The Labute approximate surface area is 101 Å². The van der Waals surface area contributed by atoms with Crippen molar-refractivity contribution >= 4 is 0 Å². The van der Waals surface area contributed by atoms with Gasteiger partial charge >= 0.3 is 0 Å². The second kappa shape index (κ2) is 6.58. The first-order valence-corrected chi connectivity index (χ1v) is 6.62. The van der Waals surface area contributed by atoms with Crippen molar-refractivity contribution in [3.63, 3.8) is 0 Å². The van der Waals surface area contributed by atoms with Crippen molar-refractivity contribution in [3.8, 4) is 0 Å². The van der Waals surface area contributed by atoms with Gasteiger partial charge in [0.05, 0.1) is 12.2 Å². The SMILES string of the molecule is CC(C)NCCC(C)N1C[C@@H](C)O[C@@H](C)C1. The first-order valence-electron chi connectivity index (χ1n) is 6.62.